The maximum atomic E-state index is 6.18. The van der Waals surface area contributed by atoms with Gasteiger partial charge in [-0.15, -0.1) is 0 Å². The highest BCUT2D eigenvalue weighted by Gasteiger charge is 2.10. The number of hydrogen-bond acceptors (Lipinski definition) is 3. The Labute approximate surface area is 108 Å². The van der Waals surface area contributed by atoms with E-state index >= 15 is 0 Å². The second-order valence-electron chi connectivity index (χ2n) is 4.24. The van der Waals surface area contributed by atoms with Crippen molar-refractivity contribution in [3.05, 3.63) is 34.3 Å². The highest BCUT2D eigenvalue weighted by Crippen LogP contribution is 2.19. The Morgan fingerprint density at radius 2 is 2.24 bits per heavy atom. The van der Waals surface area contributed by atoms with E-state index in [0.717, 1.165) is 30.0 Å². The number of hydrogen-bond donors (Lipinski definition) is 2. The van der Waals surface area contributed by atoms with Crippen LogP contribution in [0, 0.1) is 6.92 Å². The van der Waals surface area contributed by atoms with Crippen LogP contribution in [-0.4, -0.2) is 19.3 Å². The summed E-state index contributed by atoms with van der Waals surface area (Å²) in [6.45, 7) is 5.48. The summed E-state index contributed by atoms with van der Waals surface area (Å²) in [6.07, 6.45) is 1.79. The lowest BCUT2D eigenvalue weighted by Crippen LogP contribution is -2.40. The van der Waals surface area contributed by atoms with Crippen LogP contribution in [0.1, 0.15) is 24.5 Å². The molecule has 0 bridgehead atoms. The number of ether oxygens (including phenoxy) is 1. The van der Waals surface area contributed by atoms with Crippen LogP contribution in [0.5, 0.6) is 0 Å². The zero-order valence-corrected chi connectivity index (χ0v) is 11.3. The molecule has 3 nitrogen and oxygen atoms in total. The van der Waals surface area contributed by atoms with Crippen molar-refractivity contribution >= 4 is 11.6 Å². The summed E-state index contributed by atoms with van der Waals surface area (Å²) in [7, 11) is 0. The third-order valence-electron chi connectivity index (χ3n) is 2.58. The van der Waals surface area contributed by atoms with Crippen molar-refractivity contribution in [1.82, 2.24) is 5.43 Å². The summed E-state index contributed by atoms with van der Waals surface area (Å²) >= 11 is 6.18. The molecule has 0 amide bonds. The minimum absolute atomic E-state index is 0.0988. The Hall–Kier alpha value is -0.610. The van der Waals surface area contributed by atoms with Crippen LogP contribution in [0.15, 0.2) is 18.2 Å². The predicted molar refractivity (Wildman–Crippen MR) is 72.1 cm³/mol. The SMILES string of the molecule is CCCOCC(Cc1ccc(C)cc1Cl)NN. The molecule has 1 aromatic rings. The molecule has 0 aliphatic rings. The summed E-state index contributed by atoms with van der Waals surface area (Å²) in [5.74, 6) is 5.51. The second-order valence-corrected chi connectivity index (χ2v) is 4.64. The van der Waals surface area contributed by atoms with Gasteiger partial charge in [0.05, 0.1) is 6.61 Å². The van der Waals surface area contributed by atoms with Crippen molar-refractivity contribution in [2.45, 2.75) is 32.7 Å². The number of rotatable bonds is 7. The number of hydrazine groups is 1. The number of halogens is 1. The molecule has 17 heavy (non-hydrogen) atoms. The van der Waals surface area contributed by atoms with Crippen LogP contribution in [0.25, 0.3) is 0 Å². The fourth-order valence-corrected chi connectivity index (χ4v) is 1.93. The van der Waals surface area contributed by atoms with Gasteiger partial charge in [0.1, 0.15) is 0 Å². The Balaban J connectivity index is 2.54. The van der Waals surface area contributed by atoms with Crippen LogP contribution in [0.2, 0.25) is 5.02 Å². The summed E-state index contributed by atoms with van der Waals surface area (Å²) in [5.41, 5.74) is 5.03. The van der Waals surface area contributed by atoms with E-state index in [2.05, 4.69) is 18.4 Å². The van der Waals surface area contributed by atoms with E-state index in [1.54, 1.807) is 0 Å². The molecule has 0 aromatic heterocycles. The molecule has 1 aromatic carbocycles. The first-order valence-electron chi connectivity index (χ1n) is 5.96. The van der Waals surface area contributed by atoms with E-state index in [1.807, 2.05) is 19.1 Å². The first-order valence-corrected chi connectivity index (χ1v) is 6.34. The van der Waals surface area contributed by atoms with E-state index in [4.69, 9.17) is 22.2 Å². The largest absolute Gasteiger partial charge is 0.380 e. The molecule has 1 atom stereocenters. The van der Waals surface area contributed by atoms with Gasteiger partial charge in [0.25, 0.3) is 0 Å². The lowest BCUT2D eigenvalue weighted by atomic mass is 10.1. The summed E-state index contributed by atoms with van der Waals surface area (Å²) in [4.78, 5) is 0. The maximum Gasteiger partial charge on any atom is 0.0636 e. The van der Waals surface area contributed by atoms with E-state index in [0.29, 0.717) is 6.61 Å². The topological polar surface area (TPSA) is 47.3 Å². The summed E-state index contributed by atoms with van der Waals surface area (Å²) < 4.78 is 5.49. The Morgan fingerprint density at radius 3 is 2.82 bits per heavy atom. The smallest absolute Gasteiger partial charge is 0.0636 e. The van der Waals surface area contributed by atoms with Gasteiger partial charge in [-0.05, 0) is 37.0 Å². The third kappa shape index (κ3) is 5.04. The fourth-order valence-electron chi connectivity index (χ4n) is 1.62. The highest BCUT2D eigenvalue weighted by atomic mass is 35.5. The molecule has 0 saturated heterocycles. The van der Waals surface area contributed by atoms with Crippen LogP contribution in [0.3, 0.4) is 0 Å². The third-order valence-corrected chi connectivity index (χ3v) is 2.93. The van der Waals surface area contributed by atoms with Crippen LogP contribution < -0.4 is 11.3 Å². The van der Waals surface area contributed by atoms with Gasteiger partial charge in [-0.25, -0.2) is 0 Å². The predicted octanol–water partition coefficient (Wildman–Crippen LogP) is 2.45. The minimum atomic E-state index is 0.0988. The van der Waals surface area contributed by atoms with E-state index in [1.165, 1.54) is 5.56 Å². The Morgan fingerprint density at radius 1 is 1.47 bits per heavy atom. The molecule has 0 saturated carbocycles. The van der Waals surface area contributed by atoms with Crippen LogP contribution in [-0.2, 0) is 11.2 Å². The van der Waals surface area contributed by atoms with Crippen LogP contribution in [0.4, 0.5) is 0 Å². The summed E-state index contributed by atoms with van der Waals surface area (Å²) in [6, 6.07) is 6.17. The molecule has 4 heteroatoms. The number of nitrogens with one attached hydrogen (secondary N) is 1. The molecule has 1 rings (SSSR count). The van der Waals surface area contributed by atoms with Crippen molar-refractivity contribution in [1.29, 1.82) is 0 Å². The van der Waals surface area contributed by atoms with E-state index < -0.39 is 0 Å². The van der Waals surface area contributed by atoms with Crippen molar-refractivity contribution in [3.8, 4) is 0 Å². The molecule has 0 aliphatic heterocycles. The molecular weight excluding hydrogens is 236 g/mol. The first-order chi connectivity index (χ1) is 8.17. The van der Waals surface area contributed by atoms with Gasteiger partial charge in [0.2, 0.25) is 0 Å². The highest BCUT2D eigenvalue weighted by molar-refractivity contribution is 6.31. The van der Waals surface area contributed by atoms with Crippen molar-refractivity contribution in [2.75, 3.05) is 13.2 Å². The first kappa shape index (κ1) is 14.5. The molecule has 96 valence electrons. The fraction of sp³-hybridized carbons (Fsp3) is 0.538. The zero-order valence-electron chi connectivity index (χ0n) is 10.5. The van der Waals surface area contributed by atoms with Crippen molar-refractivity contribution in [3.63, 3.8) is 0 Å². The normalized spacial score (nSPS) is 12.7. The molecule has 0 fully saturated rings. The molecule has 3 N–H and O–H groups in total. The van der Waals surface area contributed by atoms with E-state index in [-0.39, 0.29) is 6.04 Å². The average molecular weight is 257 g/mol. The lowest BCUT2D eigenvalue weighted by molar-refractivity contribution is 0.112. The van der Waals surface area contributed by atoms with Gasteiger partial charge in [-0.3, -0.25) is 11.3 Å². The second kappa shape index (κ2) is 7.67. The van der Waals surface area contributed by atoms with Gasteiger partial charge in [-0.1, -0.05) is 30.7 Å². The maximum absolute atomic E-state index is 6.18. The van der Waals surface area contributed by atoms with Crippen LogP contribution >= 0.6 is 11.6 Å². The van der Waals surface area contributed by atoms with Gasteiger partial charge < -0.3 is 4.74 Å². The molecule has 0 spiro atoms. The Kier molecular flexibility index (Phi) is 6.52. The molecule has 1 unspecified atom stereocenters. The number of benzene rings is 1. The molecule has 0 radical (unpaired) electrons. The van der Waals surface area contributed by atoms with Crippen molar-refractivity contribution in [2.24, 2.45) is 5.84 Å². The number of aryl methyl sites for hydroxylation is 1. The van der Waals surface area contributed by atoms with E-state index in [9.17, 15) is 0 Å². The quantitative estimate of drug-likeness (QED) is 0.448. The lowest BCUT2D eigenvalue weighted by Gasteiger charge is -2.17. The molecule has 0 aliphatic carbocycles. The molecule has 0 heterocycles. The van der Waals surface area contributed by atoms with Crippen molar-refractivity contribution < 1.29 is 4.74 Å². The van der Waals surface area contributed by atoms with Gasteiger partial charge in [0.15, 0.2) is 0 Å². The number of nitrogens with two attached hydrogens (primary N) is 1. The van der Waals surface area contributed by atoms with Gasteiger partial charge >= 0.3 is 0 Å². The monoisotopic (exact) mass is 256 g/mol. The standard InChI is InChI=1S/C13H21ClN2O/c1-3-6-17-9-12(16-15)8-11-5-4-10(2)7-13(11)14/h4-5,7,12,16H,3,6,8-9,15H2,1-2H3. The van der Waals surface area contributed by atoms with Gasteiger partial charge in [0, 0.05) is 17.7 Å². The average Bonchev–Trinajstić information content (AvgIpc) is 2.31. The minimum Gasteiger partial charge on any atom is -0.380 e. The molecular formula is C13H21ClN2O. The van der Waals surface area contributed by atoms with Gasteiger partial charge in [-0.2, -0.15) is 0 Å². The zero-order chi connectivity index (χ0) is 12.7. The Bertz CT molecular complexity index is 344. The summed E-state index contributed by atoms with van der Waals surface area (Å²) in [5, 5.41) is 0.792.